The van der Waals surface area contributed by atoms with Gasteiger partial charge in [0.2, 0.25) is 0 Å². The van der Waals surface area contributed by atoms with Crippen molar-refractivity contribution in [2.45, 2.75) is 18.9 Å². The van der Waals surface area contributed by atoms with Gasteiger partial charge in [0, 0.05) is 30.0 Å². The number of nitrogens with zero attached hydrogens (tertiary/aromatic N) is 2. The molecule has 1 aromatic heterocycles. The second kappa shape index (κ2) is 7.28. The van der Waals surface area contributed by atoms with Crippen molar-refractivity contribution in [3.8, 4) is 11.1 Å². The van der Waals surface area contributed by atoms with Gasteiger partial charge >= 0.3 is 0 Å². The molecule has 1 unspecified atom stereocenters. The molecule has 4 aromatic rings. The zero-order chi connectivity index (χ0) is 18.8. The molecule has 1 aliphatic rings. The average molecular weight is 364 g/mol. The van der Waals surface area contributed by atoms with Crippen LogP contribution in [0, 0.1) is 0 Å². The molecule has 1 atom stereocenters. The molecule has 0 amide bonds. The molecule has 2 heterocycles. The van der Waals surface area contributed by atoms with E-state index >= 15 is 0 Å². The van der Waals surface area contributed by atoms with Gasteiger partial charge in [0.1, 0.15) is 6.10 Å². The van der Waals surface area contributed by atoms with Crippen LogP contribution in [0.15, 0.2) is 96.3 Å². The zero-order valence-corrected chi connectivity index (χ0v) is 15.5. The van der Waals surface area contributed by atoms with Crippen LogP contribution in [0.1, 0.15) is 17.7 Å². The van der Waals surface area contributed by atoms with E-state index < -0.39 is 0 Å². The van der Waals surface area contributed by atoms with Crippen LogP contribution in [0.5, 0.6) is 0 Å². The highest BCUT2D eigenvalue weighted by Crippen LogP contribution is 2.31. The molecule has 0 radical (unpaired) electrons. The van der Waals surface area contributed by atoms with Crippen molar-refractivity contribution >= 4 is 16.5 Å². The third kappa shape index (κ3) is 3.16. The summed E-state index contributed by atoms with van der Waals surface area (Å²) in [7, 11) is 0. The number of pyridine rings is 1. The van der Waals surface area contributed by atoms with Crippen LogP contribution in [-0.2, 0) is 11.3 Å². The minimum atomic E-state index is 0.0219. The molecule has 0 N–H and O–H groups in total. The van der Waals surface area contributed by atoms with Gasteiger partial charge in [0.25, 0.3) is 0 Å². The highest BCUT2D eigenvalue weighted by atomic mass is 16.6. The summed E-state index contributed by atoms with van der Waals surface area (Å²) in [5.41, 5.74) is 5.54. The molecule has 3 heteroatoms. The molecule has 0 fully saturated rings. The summed E-state index contributed by atoms with van der Waals surface area (Å²) in [6, 6.07) is 29.1. The van der Waals surface area contributed by atoms with Crippen LogP contribution in [-0.4, -0.2) is 16.8 Å². The average Bonchev–Trinajstić information content (AvgIpc) is 3.24. The molecule has 3 nitrogen and oxygen atoms in total. The van der Waals surface area contributed by atoms with Gasteiger partial charge in [-0.25, -0.2) is 0 Å². The van der Waals surface area contributed by atoms with E-state index in [1.165, 1.54) is 16.3 Å². The lowest BCUT2D eigenvalue weighted by Crippen LogP contribution is -2.13. The fourth-order valence-corrected chi connectivity index (χ4v) is 3.82. The van der Waals surface area contributed by atoms with Crippen LogP contribution in [0.3, 0.4) is 0 Å². The Morgan fingerprint density at radius 1 is 0.750 bits per heavy atom. The maximum absolute atomic E-state index is 5.74. The Morgan fingerprint density at radius 2 is 1.39 bits per heavy atom. The maximum atomic E-state index is 5.74. The van der Waals surface area contributed by atoms with Gasteiger partial charge in [-0.3, -0.25) is 4.98 Å². The van der Waals surface area contributed by atoms with Crippen molar-refractivity contribution in [1.82, 2.24) is 4.98 Å². The van der Waals surface area contributed by atoms with E-state index in [4.69, 9.17) is 9.82 Å². The molecular formula is C25H20N2O. The van der Waals surface area contributed by atoms with Gasteiger partial charge in [-0.15, -0.1) is 0 Å². The largest absolute Gasteiger partial charge is 0.391 e. The Balaban J connectivity index is 1.44. The molecule has 5 rings (SSSR count). The van der Waals surface area contributed by atoms with Crippen molar-refractivity contribution in [2.24, 2.45) is 5.16 Å². The Labute approximate surface area is 164 Å². The summed E-state index contributed by atoms with van der Waals surface area (Å²) in [6.07, 6.45) is 3.56. The second-order valence-corrected chi connectivity index (χ2v) is 7.07. The summed E-state index contributed by atoms with van der Waals surface area (Å²) in [5, 5.41) is 6.72. The summed E-state index contributed by atoms with van der Waals surface area (Å²) >= 11 is 0. The number of hydrogen-bond acceptors (Lipinski definition) is 3. The minimum absolute atomic E-state index is 0.0219. The predicted octanol–water partition coefficient (Wildman–Crippen LogP) is 5.64. The topological polar surface area (TPSA) is 34.5 Å². The first-order valence-corrected chi connectivity index (χ1v) is 9.58. The number of rotatable bonds is 4. The third-order valence-corrected chi connectivity index (χ3v) is 5.22. The number of hydrogen-bond donors (Lipinski definition) is 0. The lowest BCUT2D eigenvalue weighted by Gasteiger charge is -2.13. The number of fused-ring (bicyclic) bond motifs is 1. The zero-order valence-electron chi connectivity index (χ0n) is 15.5. The standard InChI is InChI=1S/C25H20N2O/c1-3-9-18(10-4-1)23-17-26-25(22-14-8-7-13-21(22)23)16-20-15-24(27-28-20)19-11-5-2-6-12-19/h1-14,17,20H,15-16H2. The van der Waals surface area contributed by atoms with E-state index in [2.05, 4.69) is 65.8 Å². The third-order valence-electron chi connectivity index (χ3n) is 5.22. The van der Waals surface area contributed by atoms with Gasteiger partial charge in [0.05, 0.1) is 11.4 Å². The number of aromatic nitrogens is 1. The molecule has 28 heavy (non-hydrogen) atoms. The van der Waals surface area contributed by atoms with E-state index in [1.54, 1.807) is 0 Å². The lowest BCUT2D eigenvalue weighted by molar-refractivity contribution is 0.0855. The fourth-order valence-electron chi connectivity index (χ4n) is 3.82. The van der Waals surface area contributed by atoms with Crippen LogP contribution in [0.4, 0.5) is 0 Å². The number of oxime groups is 1. The van der Waals surface area contributed by atoms with Crippen LogP contribution < -0.4 is 0 Å². The molecule has 0 spiro atoms. The first-order chi connectivity index (χ1) is 13.9. The molecule has 1 aliphatic heterocycles. The van der Waals surface area contributed by atoms with Crippen molar-refractivity contribution in [3.63, 3.8) is 0 Å². The Bertz CT molecular complexity index is 1140. The quantitative estimate of drug-likeness (QED) is 0.470. The summed E-state index contributed by atoms with van der Waals surface area (Å²) in [4.78, 5) is 10.5. The highest BCUT2D eigenvalue weighted by Gasteiger charge is 2.24. The van der Waals surface area contributed by atoms with Crippen molar-refractivity contribution < 1.29 is 4.84 Å². The Morgan fingerprint density at radius 3 is 2.14 bits per heavy atom. The van der Waals surface area contributed by atoms with Crippen LogP contribution >= 0.6 is 0 Å². The second-order valence-electron chi connectivity index (χ2n) is 7.07. The Hall–Kier alpha value is -3.46. The van der Waals surface area contributed by atoms with E-state index in [-0.39, 0.29) is 6.10 Å². The Kier molecular flexibility index (Phi) is 4.34. The first kappa shape index (κ1) is 16.7. The van der Waals surface area contributed by atoms with Crippen LogP contribution in [0.2, 0.25) is 0 Å². The van der Waals surface area contributed by atoms with E-state index in [0.29, 0.717) is 0 Å². The highest BCUT2D eigenvalue weighted by molar-refractivity contribution is 6.01. The molecule has 3 aromatic carbocycles. The summed E-state index contributed by atoms with van der Waals surface area (Å²) < 4.78 is 0. The van der Waals surface area contributed by atoms with E-state index in [0.717, 1.165) is 35.4 Å². The normalized spacial score (nSPS) is 16.0. The van der Waals surface area contributed by atoms with Gasteiger partial charge in [-0.2, -0.15) is 0 Å². The predicted molar refractivity (Wildman–Crippen MR) is 113 cm³/mol. The monoisotopic (exact) mass is 364 g/mol. The number of benzene rings is 3. The smallest absolute Gasteiger partial charge is 0.138 e. The molecule has 136 valence electrons. The maximum Gasteiger partial charge on any atom is 0.138 e. The SMILES string of the molecule is c1ccc(C2=NOC(Cc3ncc(-c4ccccc4)c4ccccc34)C2)cc1. The molecule has 0 saturated carbocycles. The molecular weight excluding hydrogens is 344 g/mol. The lowest BCUT2D eigenvalue weighted by atomic mass is 9.96. The molecule has 0 saturated heterocycles. The first-order valence-electron chi connectivity index (χ1n) is 9.58. The summed E-state index contributed by atoms with van der Waals surface area (Å²) in [5.74, 6) is 0. The molecule has 0 bridgehead atoms. The van der Waals surface area contributed by atoms with Crippen molar-refractivity contribution in [2.75, 3.05) is 0 Å². The minimum Gasteiger partial charge on any atom is -0.391 e. The van der Waals surface area contributed by atoms with E-state index in [9.17, 15) is 0 Å². The van der Waals surface area contributed by atoms with Gasteiger partial charge in [-0.1, -0.05) is 90.1 Å². The van der Waals surface area contributed by atoms with Gasteiger partial charge in [-0.05, 0) is 16.5 Å². The van der Waals surface area contributed by atoms with E-state index in [1.807, 2.05) is 30.5 Å². The van der Waals surface area contributed by atoms with Crippen molar-refractivity contribution in [3.05, 3.63) is 102 Å². The van der Waals surface area contributed by atoms with Crippen LogP contribution in [0.25, 0.3) is 21.9 Å². The summed E-state index contributed by atoms with van der Waals surface area (Å²) in [6.45, 7) is 0. The molecule has 0 aliphatic carbocycles. The van der Waals surface area contributed by atoms with Gasteiger partial charge in [0.15, 0.2) is 0 Å². The van der Waals surface area contributed by atoms with Crippen molar-refractivity contribution in [1.29, 1.82) is 0 Å². The fraction of sp³-hybridized carbons (Fsp3) is 0.120. The van der Waals surface area contributed by atoms with Gasteiger partial charge < -0.3 is 4.84 Å².